The molecule has 1 aliphatic heterocycles. The van der Waals surface area contributed by atoms with Gasteiger partial charge in [-0.3, -0.25) is 0 Å². The van der Waals surface area contributed by atoms with Gasteiger partial charge >= 0.3 is 0 Å². The van der Waals surface area contributed by atoms with Crippen LogP contribution in [0.3, 0.4) is 0 Å². The average molecular weight is 235 g/mol. The minimum atomic E-state index is -0.0204. The molecule has 1 saturated heterocycles. The lowest BCUT2D eigenvalue weighted by molar-refractivity contribution is 0.170. The number of benzene rings is 1. The minimum absolute atomic E-state index is 0.0204. The van der Waals surface area contributed by atoms with Gasteiger partial charge in [0.2, 0.25) is 0 Å². The molecule has 0 spiro atoms. The van der Waals surface area contributed by atoms with E-state index in [4.69, 9.17) is 0 Å². The second-order valence-corrected chi connectivity index (χ2v) is 5.37. The van der Waals surface area contributed by atoms with E-state index in [0.717, 1.165) is 37.1 Å². The van der Waals surface area contributed by atoms with Crippen LogP contribution in [0, 0.1) is 12.7 Å². The Balaban J connectivity index is 2.11. The molecule has 1 aromatic rings. The SMILES string of the molecule is Cc1cccc(F)c1C1CCN(C(C)C)CC1. The van der Waals surface area contributed by atoms with Crippen LogP contribution < -0.4 is 0 Å². The van der Waals surface area contributed by atoms with Gasteiger partial charge in [-0.15, -0.1) is 0 Å². The maximum atomic E-state index is 13.9. The largest absolute Gasteiger partial charge is 0.301 e. The lowest BCUT2D eigenvalue weighted by Crippen LogP contribution is -2.38. The first-order valence-corrected chi connectivity index (χ1v) is 6.58. The third-order valence-electron chi connectivity index (χ3n) is 3.94. The third kappa shape index (κ3) is 2.68. The smallest absolute Gasteiger partial charge is 0.126 e. The molecule has 17 heavy (non-hydrogen) atoms. The van der Waals surface area contributed by atoms with Crippen molar-refractivity contribution in [3.05, 3.63) is 35.1 Å². The Morgan fingerprint density at radius 2 is 1.88 bits per heavy atom. The molecule has 1 fully saturated rings. The number of nitrogens with zero attached hydrogens (tertiary/aromatic N) is 1. The van der Waals surface area contributed by atoms with Crippen molar-refractivity contribution < 1.29 is 4.39 Å². The van der Waals surface area contributed by atoms with Gasteiger partial charge in [-0.2, -0.15) is 0 Å². The van der Waals surface area contributed by atoms with Gasteiger partial charge in [0.25, 0.3) is 0 Å². The molecule has 0 saturated carbocycles. The zero-order valence-electron chi connectivity index (χ0n) is 11.0. The predicted molar refractivity (Wildman–Crippen MR) is 69.8 cm³/mol. The highest BCUT2D eigenvalue weighted by Gasteiger charge is 2.24. The van der Waals surface area contributed by atoms with E-state index in [0.29, 0.717) is 12.0 Å². The fraction of sp³-hybridized carbons (Fsp3) is 0.600. The summed E-state index contributed by atoms with van der Waals surface area (Å²) in [5.74, 6) is 0.388. The van der Waals surface area contributed by atoms with Crippen LogP contribution in [-0.2, 0) is 0 Å². The Labute approximate surface area is 104 Å². The maximum Gasteiger partial charge on any atom is 0.126 e. The van der Waals surface area contributed by atoms with Crippen LogP contribution in [0.15, 0.2) is 18.2 Å². The van der Waals surface area contributed by atoms with Gasteiger partial charge in [0, 0.05) is 6.04 Å². The highest BCUT2D eigenvalue weighted by molar-refractivity contribution is 5.31. The lowest BCUT2D eigenvalue weighted by atomic mass is 9.86. The van der Waals surface area contributed by atoms with E-state index in [9.17, 15) is 4.39 Å². The second-order valence-electron chi connectivity index (χ2n) is 5.37. The summed E-state index contributed by atoms with van der Waals surface area (Å²) in [5.41, 5.74) is 2.06. The predicted octanol–water partition coefficient (Wildman–Crippen LogP) is 3.72. The van der Waals surface area contributed by atoms with Gasteiger partial charge in [-0.05, 0) is 69.8 Å². The van der Waals surface area contributed by atoms with Crippen molar-refractivity contribution in [3.63, 3.8) is 0 Å². The summed E-state index contributed by atoms with van der Waals surface area (Å²) in [7, 11) is 0. The Kier molecular flexibility index (Phi) is 3.82. The summed E-state index contributed by atoms with van der Waals surface area (Å²) in [6.07, 6.45) is 2.17. The topological polar surface area (TPSA) is 3.24 Å². The Morgan fingerprint density at radius 3 is 2.41 bits per heavy atom. The number of likely N-dealkylation sites (tertiary alicyclic amines) is 1. The van der Waals surface area contributed by atoms with Crippen molar-refractivity contribution in [3.8, 4) is 0 Å². The molecule has 0 atom stereocenters. The highest BCUT2D eigenvalue weighted by atomic mass is 19.1. The van der Waals surface area contributed by atoms with E-state index < -0.39 is 0 Å². The minimum Gasteiger partial charge on any atom is -0.301 e. The zero-order valence-corrected chi connectivity index (χ0v) is 11.0. The van der Waals surface area contributed by atoms with Gasteiger partial charge < -0.3 is 4.90 Å². The molecule has 1 heterocycles. The van der Waals surface area contributed by atoms with E-state index >= 15 is 0 Å². The fourth-order valence-corrected chi connectivity index (χ4v) is 2.87. The van der Waals surface area contributed by atoms with Crippen molar-refractivity contribution in [1.29, 1.82) is 0 Å². The van der Waals surface area contributed by atoms with Crippen molar-refractivity contribution >= 4 is 0 Å². The molecule has 0 bridgehead atoms. The molecule has 0 radical (unpaired) electrons. The summed E-state index contributed by atoms with van der Waals surface area (Å²) >= 11 is 0. The molecule has 1 nitrogen and oxygen atoms in total. The van der Waals surface area contributed by atoms with Gasteiger partial charge in [-0.1, -0.05) is 12.1 Å². The fourth-order valence-electron chi connectivity index (χ4n) is 2.87. The zero-order chi connectivity index (χ0) is 12.4. The molecule has 2 heteroatoms. The van der Waals surface area contributed by atoms with Crippen LogP contribution >= 0.6 is 0 Å². The van der Waals surface area contributed by atoms with E-state index in [2.05, 4.69) is 18.7 Å². The van der Waals surface area contributed by atoms with Crippen LogP contribution in [0.25, 0.3) is 0 Å². The number of rotatable bonds is 2. The highest BCUT2D eigenvalue weighted by Crippen LogP contribution is 2.32. The first-order chi connectivity index (χ1) is 8.09. The Bertz CT molecular complexity index is 358. The molecular weight excluding hydrogens is 213 g/mol. The van der Waals surface area contributed by atoms with Crippen LogP contribution in [0.1, 0.15) is 43.7 Å². The lowest BCUT2D eigenvalue weighted by Gasteiger charge is -2.35. The summed E-state index contributed by atoms with van der Waals surface area (Å²) in [5, 5.41) is 0. The molecule has 1 aromatic carbocycles. The van der Waals surface area contributed by atoms with Crippen LogP contribution in [0.4, 0.5) is 4.39 Å². The average Bonchev–Trinajstić information content (AvgIpc) is 2.29. The summed E-state index contributed by atoms with van der Waals surface area (Å²) in [6, 6.07) is 6.03. The van der Waals surface area contributed by atoms with Crippen molar-refractivity contribution in [2.75, 3.05) is 13.1 Å². The number of halogens is 1. The number of hydrogen-bond donors (Lipinski definition) is 0. The number of hydrogen-bond acceptors (Lipinski definition) is 1. The molecule has 1 aliphatic rings. The maximum absolute atomic E-state index is 13.9. The molecule has 94 valence electrons. The Hall–Kier alpha value is -0.890. The monoisotopic (exact) mass is 235 g/mol. The van der Waals surface area contributed by atoms with Gasteiger partial charge in [0.15, 0.2) is 0 Å². The van der Waals surface area contributed by atoms with Gasteiger partial charge in [0.1, 0.15) is 5.82 Å². The summed E-state index contributed by atoms with van der Waals surface area (Å²) in [6.45, 7) is 8.67. The molecule has 0 aliphatic carbocycles. The molecule has 0 unspecified atom stereocenters. The summed E-state index contributed by atoms with van der Waals surface area (Å²) in [4.78, 5) is 2.48. The molecule has 0 N–H and O–H groups in total. The summed E-state index contributed by atoms with van der Waals surface area (Å²) < 4.78 is 13.9. The van der Waals surface area contributed by atoms with Crippen molar-refractivity contribution in [2.24, 2.45) is 0 Å². The van der Waals surface area contributed by atoms with E-state index in [1.807, 2.05) is 13.0 Å². The van der Waals surface area contributed by atoms with E-state index in [-0.39, 0.29) is 5.82 Å². The molecule has 0 aromatic heterocycles. The van der Waals surface area contributed by atoms with E-state index in [1.165, 1.54) is 0 Å². The van der Waals surface area contributed by atoms with Crippen molar-refractivity contribution in [2.45, 2.75) is 45.6 Å². The normalized spacial score (nSPS) is 18.9. The van der Waals surface area contributed by atoms with Gasteiger partial charge in [-0.25, -0.2) is 4.39 Å². The first kappa shape index (κ1) is 12.6. The second kappa shape index (κ2) is 5.18. The third-order valence-corrected chi connectivity index (χ3v) is 3.94. The van der Waals surface area contributed by atoms with Crippen molar-refractivity contribution in [1.82, 2.24) is 4.90 Å². The molecule has 2 rings (SSSR count). The number of piperidine rings is 1. The molecular formula is C15H22FN. The van der Waals surface area contributed by atoms with Crippen LogP contribution in [0.5, 0.6) is 0 Å². The standard InChI is InChI=1S/C15H22FN/c1-11(2)17-9-7-13(8-10-17)15-12(3)5-4-6-14(15)16/h4-6,11,13H,7-10H2,1-3H3. The van der Waals surface area contributed by atoms with Crippen LogP contribution in [0.2, 0.25) is 0 Å². The van der Waals surface area contributed by atoms with E-state index in [1.54, 1.807) is 12.1 Å². The van der Waals surface area contributed by atoms with Crippen LogP contribution in [-0.4, -0.2) is 24.0 Å². The molecule has 0 amide bonds. The first-order valence-electron chi connectivity index (χ1n) is 6.58. The Morgan fingerprint density at radius 1 is 1.24 bits per heavy atom. The van der Waals surface area contributed by atoms with Gasteiger partial charge in [0.05, 0.1) is 0 Å². The number of aryl methyl sites for hydroxylation is 1. The quantitative estimate of drug-likeness (QED) is 0.755.